The van der Waals surface area contributed by atoms with Crippen molar-refractivity contribution in [3.63, 3.8) is 0 Å². The van der Waals surface area contributed by atoms with Crippen LogP contribution in [0.2, 0.25) is 0 Å². The van der Waals surface area contributed by atoms with Crippen LogP contribution >= 0.6 is 11.3 Å². The summed E-state index contributed by atoms with van der Waals surface area (Å²) in [5.74, 6) is -3.11. The van der Waals surface area contributed by atoms with E-state index in [1.165, 1.54) is 21.8 Å². The fraction of sp³-hybridized carbons (Fsp3) is 0.316. The normalized spacial score (nSPS) is 15.5. The molecule has 0 spiro atoms. The minimum atomic E-state index is -0.894. The molecule has 6 nitrogen and oxygen atoms in total. The van der Waals surface area contributed by atoms with E-state index in [0.29, 0.717) is 16.9 Å². The van der Waals surface area contributed by atoms with E-state index >= 15 is 0 Å². The van der Waals surface area contributed by atoms with E-state index < -0.39 is 35.9 Å². The molecule has 1 atom stereocenters. The molecule has 3 N–H and O–H groups in total. The van der Waals surface area contributed by atoms with Crippen molar-refractivity contribution in [3.8, 4) is 0 Å². The van der Waals surface area contributed by atoms with Crippen LogP contribution in [0.15, 0.2) is 24.3 Å². The quantitative estimate of drug-likeness (QED) is 0.680. The number of amides is 3. The number of fused-ring (bicyclic) bond motifs is 1. The van der Waals surface area contributed by atoms with Gasteiger partial charge in [-0.2, -0.15) is 0 Å². The third-order valence-corrected chi connectivity index (χ3v) is 5.64. The lowest BCUT2D eigenvalue weighted by molar-refractivity contribution is -0.120. The molecule has 0 aliphatic heterocycles. The van der Waals surface area contributed by atoms with Crippen molar-refractivity contribution in [3.05, 3.63) is 56.8 Å². The summed E-state index contributed by atoms with van der Waals surface area (Å²) in [6.07, 6.45) is 2.99. The largest absolute Gasteiger partial charge is 0.343 e. The van der Waals surface area contributed by atoms with E-state index in [9.17, 15) is 23.2 Å². The maximum atomic E-state index is 13.1. The monoisotopic (exact) mass is 407 g/mol. The smallest absolute Gasteiger partial charge is 0.279 e. The Balaban J connectivity index is 1.47. The van der Waals surface area contributed by atoms with E-state index in [1.54, 1.807) is 0 Å². The van der Waals surface area contributed by atoms with Crippen molar-refractivity contribution in [1.29, 1.82) is 0 Å². The molecule has 9 heteroatoms. The summed E-state index contributed by atoms with van der Waals surface area (Å²) in [5.41, 5.74) is 5.44. The number of aryl methyl sites for hydroxylation is 1. The number of hydrazine groups is 1. The maximum absolute atomic E-state index is 13.1. The Hall–Kier alpha value is -2.81. The predicted octanol–water partition coefficient (Wildman–Crippen LogP) is 2.34. The maximum Gasteiger partial charge on any atom is 0.279 e. The average Bonchev–Trinajstić information content (AvgIpc) is 3.06. The molecule has 0 fully saturated rings. The van der Waals surface area contributed by atoms with Crippen LogP contribution in [0, 0.1) is 17.6 Å². The molecule has 3 rings (SSSR count). The summed E-state index contributed by atoms with van der Waals surface area (Å²) < 4.78 is 26.2. The van der Waals surface area contributed by atoms with E-state index in [-0.39, 0.29) is 5.56 Å². The molecule has 1 aromatic carbocycles. The second-order valence-corrected chi connectivity index (χ2v) is 7.89. The number of rotatable bonds is 4. The van der Waals surface area contributed by atoms with Gasteiger partial charge in [0.25, 0.3) is 17.7 Å². The molecule has 1 unspecified atom stereocenters. The van der Waals surface area contributed by atoms with Crippen LogP contribution in [0.1, 0.15) is 43.8 Å². The molecule has 3 amide bonds. The first-order valence-corrected chi connectivity index (χ1v) is 9.58. The number of carbonyl (C=O) groups excluding carboxylic acids is 3. The number of halogens is 2. The first-order chi connectivity index (χ1) is 13.3. The zero-order valence-electron chi connectivity index (χ0n) is 15.1. The molecule has 0 radical (unpaired) electrons. The van der Waals surface area contributed by atoms with E-state index in [1.807, 2.05) is 6.07 Å². The number of nitrogens with one attached hydrogen (secondary N) is 3. The third kappa shape index (κ3) is 4.92. The van der Waals surface area contributed by atoms with E-state index in [2.05, 4.69) is 23.1 Å². The topological polar surface area (TPSA) is 87.3 Å². The number of hydrogen-bond acceptors (Lipinski definition) is 4. The Labute approximate surface area is 164 Å². The SMILES string of the molecule is CC1CCc2sc(C(=O)NNC(=O)CNC(=O)c3cc(F)cc(F)c3)cc2C1. The number of carbonyl (C=O) groups is 3. The Bertz CT molecular complexity index is 909. The fourth-order valence-corrected chi connectivity index (χ4v) is 4.10. The molecule has 0 saturated carbocycles. The molecular formula is C19H19F2N3O3S. The number of thiophene rings is 1. The van der Waals surface area contributed by atoms with Gasteiger partial charge in [-0.3, -0.25) is 25.2 Å². The average molecular weight is 407 g/mol. The fourth-order valence-electron chi connectivity index (χ4n) is 3.00. The highest BCUT2D eigenvalue weighted by Gasteiger charge is 2.21. The van der Waals surface area contributed by atoms with Gasteiger partial charge in [-0.05, 0) is 48.9 Å². The van der Waals surface area contributed by atoms with Gasteiger partial charge in [0.2, 0.25) is 0 Å². The van der Waals surface area contributed by atoms with E-state index in [0.717, 1.165) is 31.4 Å². The highest BCUT2D eigenvalue weighted by molar-refractivity contribution is 7.14. The number of benzene rings is 1. The molecule has 1 aliphatic carbocycles. The highest BCUT2D eigenvalue weighted by atomic mass is 32.1. The highest BCUT2D eigenvalue weighted by Crippen LogP contribution is 2.32. The van der Waals surface area contributed by atoms with Gasteiger partial charge in [0.1, 0.15) is 11.6 Å². The van der Waals surface area contributed by atoms with Crippen LogP contribution in [0.4, 0.5) is 8.78 Å². The zero-order valence-corrected chi connectivity index (χ0v) is 15.9. The van der Waals surface area contributed by atoms with Gasteiger partial charge >= 0.3 is 0 Å². The van der Waals surface area contributed by atoms with Crippen LogP contribution < -0.4 is 16.2 Å². The van der Waals surface area contributed by atoms with Crippen LogP contribution in [-0.4, -0.2) is 24.3 Å². The second-order valence-electron chi connectivity index (χ2n) is 6.75. The molecule has 148 valence electrons. The number of hydrogen-bond donors (Lipinski definition) is 3. The van der Waals surface area contributed by atoms with Crippen molar-refractivity contribution in [2.24, 2.45) is 5.92 Å². The van der Waals surface area contributed by atoms with Gasteiger partial charge in [0, 0.05) is 16.5 Å². The third-order valence-electron chi connectivity index (χ3n) is 4.40. The van der Waals surface area contributed by atoms with Gasteiger partial charge < -0.3 is 5.32 Å². The summed E-state index contributed by atoms with van der Waals surface area (Å²) >= 11 is 1.41. The van der Waals surface area contributed by atoms with Crippen molar-refractivity contribution < 1.29 is 23.2 Å². The molecule has 1 heterocycles. The summed E-state index contributed by atoms with van der Waals surface area (Å²) in [4.78, 5) is 37.6. The van der Waals surface area contributed by atoms with Crippen molar-refractivity contribution in [2.45, 2.75) is 26.2 Å². The minimum Gasteiger partial charge on any atom is -0.343 e. The van der Waals surface area contributed by atoms with E-state index in [4.69, 9.17) is 0 Å². The Morgan fingerprint density at radius 1 is 1.07 bits per heavy atom. The first kappa shape index (κ1) is 19.9. The van der Waals surface area contributed by atoms with Crippen LogP contribution in [0.5, 0.6) is 0 Å². The van der Waals surface area contributed by atoms with Gasteiger partial charge in [-0.1, -0.05) is 6.92 Å². The summed E-state index contributed by atoms with van der Waals surface area (Å²) in [6.45, 7) is 1.71. The molecular weight excluding hydrogens is 388 g/mol. The lowest BCUT2D eigenvalue weighted by atomic mass is 9.90. The second kappa shape index (κ2) is 8.47. The molecule has 0 bridgehead atoms. The molecule has 28 heavy (non-hydrogen) atoms. The van der Waals surface area contributed by atoms with Gasteiger partial charge in [-0.15, -0.1) is 11.3 Å². The lowest BCUT2D eigenvalue weighted by Crippen LogP contribution is -2.46. The Kier molecular flexibility index (Phi) is 6.03. The van der Waals surface area contributed by atoms with Crippen molar-refractivity contribution >= 4 is 29.1 Å². The van der Waals surface area contributed by atoms with Crippen molar-refractivity contribution in [2.75, 3.05) is 6.54 Å². The first-order valence-electron chi connectivity index (χ1n) is 8.77. The molecule has 1 aliphatic rings. The zero-order chi connectivity index (χ0) is 20.3. The van der Waals surface area contributed by atoms with Crippen LogP contribution in [0.25, 0.3) is 0 Å². The molecule has 2 aromatic rings. The lowest BCUT2D eigenvalue weighted by Gasteiger charge is -2.16. The Morgan fingerprint density at radius 3 is 2.50 bits per heavy atom. The van der Waals surface area contributed by atoms with Gasteiger partial charge in [-0.25, -0.2) is 8.78 Å². The van der Waals surface area contributed by atoms with Gasteiger partial charge in [0.05, 0.1) is 11.4 Å². The standard InChI is InChI=1S/C19H19F2N3O3S/c1-10-2-3-15-11(4-10)7-16(28-15)19(27)24-23-17(25)9-22-18(26)12-5-13(20)8-14(21)6-12/h5-8,10H,2-4,9H2,1H3,(H,22,26)(H,23,25)(H,24,27). The molecule has 1 aromatic heterocycles. The predicted molar refractivity (Wildman–Crippen MR) is 99.8 cm³/mol. The molecule has 0 saturated heterocycles. The summed E-state index contributed by atoms with van der Waals surface area (Å²) in [6, 6.07) is 4.20. The van der Waals surface area contributed by atoms with Crippen LogP contribution in [0.3, 0.4) is 0 Å². The summed E-state index contributed by atoms with van der Waals surface area (Å²) in [7, 11) is 0. The Morgan fingerprint density at radius 2 is 1.79 bits per heavy atom. The minimum absolute atomic E-state index is 0.243. The van der Waals surface area contributed by atoms with Crippen LogP contribution in [-0.2, 0) is 17.6 Å². The summed E-state index contributed by atoms with van der Waals surface area (Å²) in [5, 5.41) is 2.23. The van der Waals surface area contributed by atoms with Crippen molar-refractivity contribution in [1.82, 2.24) is 16.2 Å². The van der Waals surface area contributed by atoms with Gasteiger partial charge in [0.15, 0.2) is 0 Å².